The Morgan fingerprint density at radius 3 is 2.68 bits per heavy atom. The van der Waals surface area contributed by atoms with E-state index < -0.39 is 0 Å². The van der Waals surface area contributed by atoms with Gasteiger partial charge in [-0.05, 0) is 45.1 Å². The van der Waals surface area contributed by atoms with Crippen molar-refractivity contribution in [2.24, 2.45) is 16.6 Å². The quantitative estimate of drug-likeness (QED) is 0.437. The smallest absolute Gasteiger partial charge is 0.188 e. The summed E-state index contributed by atoms with van der Waals surface area (Å²) in [6.45, 7) is 6.49. The maximum absolute atomic E-state index is 5.87. The van der Waals surface area contributed by atoms with Crippen LogP contribution in [0, 0.1) is 5.92 Å². The van der Waals surface area contributed by atoms with Crippen LogP contribution in [-0.2, 0) is 0 Å². The second-order valence-electron chi connectivity index (χ2n) is 5.83. The van der Waals surface area contributed by atoms with Gasteiger partial charge in [0.05, 0.1) is 0 Å². The van der Waals surface area contributed by atoms with Gasteiger partial charge >= 0.3 is 0 Å². The van der Waals surface area contributed by atoms with Gasteiger partial charge in [0.25, 0.3) is 0 Å². The van der Waals surface area contributed by atoms with Crippen molar-refractivity contribution >= 4 is 29.9 Å². The normalized spacial score (nSPS) is 25.5. The highest BCUT2D eigenvalue weighted by Gasteiger charge is 2.18. The first-order valence-electron chi connectivity index (χ1n) is 7.53. The standard InChI is InChI=1S/C14H28N4.HI/c1-12-5-2-3-9-18(12)10-8-16-14(15)17-11-13-6-4-7-13;/h12-13H,2-11H2,1H3,(H3,15,16,17);1H. The van der Waals surface area contributed by atoms with Crippen molar-refractivity contribution in [3.63, 3.8) is 0 Å². The van der Waals surface area contributed by atoms with Crippen molar-refractivity contribution in [2.45, 2.75) is 51.5 Å². The number of likely N-dealkylation sites (tertiary alicyclic amines) is 1. The lowest BCUT2D eigenvalue weighted by atomic mass is 9.86. The SMILES string of the molecule is CC1CCCCN1CCNC(N)=NCC1CCC1.I. The summed E-state index contributed by atoms with van der Waals surface area (Å²) in [5, 5.41) is 3.24. The molecule has 0 bridgehead atoms. The number of aliphatic imine (C=N–C) groups is 1. The molecule has 1 heterocycles. The molecule has 3 N–H and O–H groups in total. The molecule has 4 nitrogen and oxygen atoms in total. The summed E-state index contributed by atoms with van der Waals surface area (Å²) in [6.07, 6.45) is 8.11. The van der Waals surface area contributed by atoms with E-state index in [4.69, 9.17) is 5.73 Å². The zero-order valence-corrected chi connectivity index (χ0v) is 14.4. The summed E-state index contributed by atoms with van der Waals surface area (Å²) >= 11 is 0. The van der Waals surface area contributed by atoms with Gasteiger partial charge < -0.3 is 11.1 Å². The number of hydrogen-bond acceptors (Lipinski definition) is 2. The third-order valence-electron chi connectivity index (χ3n) is 4.39. The Morgan fingerprint density at radius 2 is 2.05 bits per heavy atom. The topological polar surface area (TPSA) is 53.6 Å². The first-order valence-corrected chi connectivity index (χ1v) is 7.53. The van der Waals surface area contributed by atoms with Gasteiger partial charge in [-0.15, -0.1) is 24.0 Å². The molecular weight excluding hydrogens is 351 g/mol. The molecule has 0 spiro atoms. The van der Waals surface area contributed by atoms with Crippen LogP contribution in [0.15, 0.2) is 4.99 Å². The van der Waals surface area contributed by atoms with Gasteiger partial charge in [0.15, 0.2) is 5.96 Å². The fraction of sp³-hybridized carbons (Fsp3) is 0.929. The highest BCUT2D eigenvalue weighted by molar-refractivity contribution is 14.0. The van der Waals surface area contributed by atoms with Crippen molar-refractivity contribution < 1.29 is 0 Å². The molecule has 2 fully saturated rings. The van der Waals surface area contributed by atoms with Crippen molar-refractivity contribution in [1.82, 2.24) is 10.2 Å². The zero-order chi connectivity index (χ0) is 12.8. The second kappa shape index (κ2) is 9.00. The van der Waals surface area contributed by atoms with Crippen molar-refractivity contribution in [3.8, 4) is 0 Å². The Hall–Kier alpha value is -0.0400. The van der Waals surface area contributed by atoms with Gasteiger partial charge in [-0.25, -0.2) is 0 Å². The second-order valence-corrected chi connectivity index (χ2v) is 5.83. The highest BCUT2D eigenvalue weighted by Crippen LogP contribution is 2.26. The predicted octanol–water partition coefficient (Wildman–Crippen LogP) is 2.18. The molecule has 1 aliphatic carbocycles. The first-order chi connectivity index (χ1) is 8.75. The van der Waals surface area contributed by atoms with Crippen LogP contribution in [0.25, 0.3) is 0 Å². The van der Waals surface area contributed by atoms with Crippen LogP contribution in [0.3, 0.4) is 0 Å². The first kappa shape index (κ1) is 17.0. The maximum Gasteiger partial charge on any atom is 0.188 e. The van der Waals surface area contributed by atoms with Gasteiger partial charge in [-0.3, -0.25) is 9.89 Å². The molecule has 112 valence electrons. The monoisotopic (exact) mass is 380 g/mol. The Morgan fingerprint density at radius 1 is 1.26 bits per heavy atom. The molecule has 1 unspecified atom stereocenters. The largest absolute Gasteiger partial charge is 0.370 e. The number of rotatable bonds is 5. The molecule has 1 saturated heterocycles. The summed E-state index contributed by atoms with van der Waals surface area (Å²) in [5.41, 5.74) is 5.87. The Labute approximate surface area is 134 Å². The Balaban J connectivity index is 0.00000180. The van der Waals surface area contributed by atoms with Crippen LogP contribution in [0.4, 0.5) is 0 Å². The molecule has 19 heavy (non-hydrogen) atoms. The van der Waals surface area contributed by atoms with Crippen LogP contribution in [0.2, 0.25) is 0 Å². The van der Waals surface area contributed by atoms with Crippen LogP contribution >= 0.6 is 24.0 Å². The highest BCUT2D eigenvalue weighted by atomic mass is 127. The van der Waals surface area contributed by atoms with Crippen LogP contribution < -0.4 is 11.1 Å². The molecule has 1 atom stereocenters. The van der Waals surface area contributed by atoms with E-state index in [0.29, 0.717) is 5.96 Å². The van der Waals surface area contributed by atoms with Crippen LogP contribution in [-0.4, -0.2) is 43.1 Å². The predicted molar refractivity (Wildman–Crippen MR) is 92.1 cm³/mol. The number of hydrogen-bond donors (Lipinski definition) is 2. The summed E-state index contributed by atoms with van der Waals surface area (Å²) in [6, 6.07) is 0.730. The molecule has 0 aromatic carbocycles. The number of nitrogens with two attached hydrogens (primary N) is 1. The van der Waals surface area contributed by atoms with Gasteiger partial charge in [-0.2, -0.15) is 0 Å². The number of halogens is 1. The van der Waals surface area contributed by atoms with Gasteiger partial charge in [-0.1, -0.05) is 12.8 Å². The van der Waals surface area contributed by atoms with Crippen molar-refractivity contribution in [3.05, 3.63) is 0 Å². The molecule has 1 saturated carbocycles. The zero-order valence-electron chi connectivity index (χ0n) is 12.1. The van der Waals surface area contributed by atoms with Gasteiger partial charge in [0, 0.05) is 25.7 Å². The number of nitrogens with zero attached hydrogens (tertiary/aromatic N) is 2. The van der Waals surface area contributed by atoms with Crippen LogP contribution in [0.1, 0.15) is 45.4 Å². The lowest BCUT2D eigenvalue weighted by Crippen LogP contribution is -2.44. The molecule has 0 amide bonds. The van der Waals surface area contributed by atoms with Crippen LogP contribution in [0.5, 0.6) is 0 Å². The molecule has 0 aromatic heterocycles. The third-order valence-corrected chi connectivity index (χ3v) is 4.39. The lowest BCUT2D eigenvalue weighted by molar-refractivity contribution is 0.164. The number of nitrogens with one attached hydrogen (secondary N) is 1. The van der Waals surface area contributed by atoms with E-state index in [0.717, 1.165) is 31.6 Å². The van der Waals surface area contributed by atoms with Gasteiger partial charge in [0.2, 0.25) is 0 Å². The minimum atomic E-state index is 0. The fourth-order valence-electron chi connectivity index (χ4n) is 2.78. The van der Waals surface area contributed by atoms with E-state index in [-0.39, 0.29) is 24.0 Å². The molecule has 2 aliphatic rings. The number of piperidine rings is 1. The Kier molecular flexibility index (Phi) is 8.06. The molecule has 2 rings (SSSR count). The maximum atomic E-state index is 5.87. The minimum Gasteiger partial charge on any atom is -0.370 e. The molecule has 0 aromatic rings. The molecular formula is C14H29IN4. The summed E-state index contributed by atoms with van der Waals surface area (Å²) in [7, 11) is 0. The summed E-state index contributed by atoms with van der Waals surface area (Å²) in [4.78, 5) is 6.96. The number of guanidine groups is 1. The fourth-order valence-corrected chi connectivity index (χ4v) is 2.78. The third kappa shape index (κ3) is 5.85. The van der Waals surface area contributed by atoms with Crippen molar-refractivity contribution in [1.29, 1.82) is 0 Å². The summed E-state index contributed by atoms with van der Waals surface area (Å²) in [5.74, 6) is 1.43. The molecule has 0 radical (unpaired) electrons. The summed E-state index contributed by atoms with van der Waals surface area (Å²) < 4.78 is 0. The van der Waals surface area contributed by atoms with E-state index in [9.17, 15) is 0 Å². The van der Waals surface area contributed by atoms with Gasteiger partial charge in [0.1, 0.15) is 0 Å². The van der Waals surface area contributed by atoms with E-state index in [1.807, 2.05) is 0 Å². The van der Waals surface area contributed by atoms with E-state index in [2.05, 4.69) is 22.1 Å². The Bertz CT molecular complexity index is 279. The van der Waals surface area contributed by atoms with Crippen molar-refractivity contribution in [2.75, 3.05) is 26.2 Å². The average molecular weight is 380 g/mol. The minimum absolute atomic E-state index is 0. The van der Waals surface area contributed by atoms with E-state index >= 15 is 0 Å². The molecule has 5 heteroatoms. The average Bonchev–Trinajstić information content (AvgIpc) is 2.30. The molecule has 1 aliphatic heterocycles. The van der Waals surface area contributed by atoms with E-state index in [1.54, 1.807) is 0 Å². The van der Waals surface area contributed by atoms with E-state index in [1.165, 1.54) is 45.1 Å². The lowest BCUT2D eigenvalue weighted by Gasteiger charge is -2.33.